The molecule has 3 heterocycles. The Balaban J connectivity index is 1.88. The third-order valence-corrected chi connectivity index (χ3v) is 5.82. The number of amides is 1. The molecule has 154 valence electrons. The predicted molar refractivity (Wildman–Crippen MR) is 117 cm³/mol. The second kappa shape index (κ2) is 9.68. The molecule has 0 aliphatic carbocycles. The van der Waals surface area contributed by atoms with Crippen molar-refractivity contribution in [2.24, 2.45) is 0 Å². The minimum atomic E-state index is 0.0993. The zero-order chi connectivity index (χ0) is 20.8. The smallest absolute Gasteiger partial charge is 0.255 e. The number of aromatic nitrogens is 1. The number of anilines is 1. The third-order valence-electron chi connectivity index (χ3n) is 5.82. The van der Waals surface area contributed by atoms with E-state index in [1.807, 2.05) is 24.8 Å². The molecule has 29 heavy (non-hydrogen) atoms. The van der Waals surface area contributed by atoms with E-state index >= 15 is 0 Å². The number of allylic oxidation sites excluding steroid dienone is 5. The van der Waals surface area contributed by atoms with Crippen molar-refractivity contribution < 1.29 is 9.59 Å². The number of nitrogens with zero attached hydrogens (tertiary/aromatic N) is 3. The van der Waals surface area contributed by atoms with Gasteiger partial charge < -0.3 is 9.80 Å². The molecule has 1 aromatic heterocycles. The Hall–Kier alpha value is -2.69. The van der Waals surface area contributed by atoms with Gasteiger partial charge in [-0.3, -0.25) is 9.59 Å². The fourth-order valence-electron chi connectivity index (χ4n) is 4.18. The largest absolute Gasteiger partial charge is 0.339 e. The van der Waals surface area contributed by atoms with Crippen LogP contribution in [0.15, 0.2) is 47.8 Å². The summed E-state index contributed by atoms with van der Waals surface area (Å²) < 4.78 is 0. The maximum Gasteiger partial charge on any atom is 0.255 e. The van der Waals surface area contributed by atoms with E-state index in [4.69, 9.17) is 0 Å². The first-order chi connectivity index (χ1) is 14.1. The average Bonchev–Trinajstić information content (AvgIpc) is 2.78. The predicted octanol–water partition coefficient (Wildman–Crippen LogP) is 4.46. The molecular weight excluding hydrogens is 362 g/mol. The van der Waals surface area contributed by atoms with Crippen LogP contribution in [0.25, 0.3) is 0 Å². The average molecular weight is 394 g/mol. The number of rotatable bonds is 6. The van der Waals surface area contributed by atoms with Gasteiger partial charge in [0.05, 0.1) is 5.56 Å². The molecule has 3 rings (SSSR count). The topological polar surface area (TPSA) is 53.5 Å². The van der Waals surface area contributed by atoms with E-state index in [1.165, 1.54) is 6.42 Å². The van der Waals surface area contributed by atoms with E-state index in [0.717, 1.165) is 80.7 Å². The molecule has 1 saturated heterocycles. The molecular formula is C24H31N3O2. The number of aldehydes is 1. The van der Waals surface area contributed by atoms with Crippen molar-refractivity contribution >= 4 is 18.0 Å². The van der Waals surface area contributed by atoms with Crippen molar-refractivity contribution in [2.75, 3.05) is 24.5 Å². The number of carbonyl (C=O) groups excluding carboxylic acids is 2. The van der Waals surface area contributed by atoms with Crippen LogP contribution >= 0.6 is 0 Å². The maximum absolute atomic E-state index is 12.8. The first-order valence-corrected chi connectivity index (χ1v) is 10.6. The van der Waals surface area contributed by atoms with E-state index in [2.05, 4.69) is 22.5 Å². The van der Waals surface area contributed by atoms with Crippen LogP contribution in [0.2, 0.25) is 0 Å². The Kier molecular flexibility index (Phi) is 7.02. The monoisotopic (exact) mass is 393 g/mol. The van der Waals surface area contributed by atoms with E-state index in [-0.39, 0.29) is 5.91 Å². The number of fused-ring (bicyclic) bond motifs is 1. The van der Waals surface area contributed by atoms with Gasteiger partial charge in [0.25, 0.3) is 5.91 Å². The Labute approximate surface area is 173 Å². The van der Waals surface area contributed by atoms with Crippen LogP contribution < -0.4 is 4.90 Å². The molecule has 1 fully saturated rings. The van der Waals surface area contributed by atoms with Gasteiger partial charge in [-0.05, 0) is 68.7 Å². The lowest BCUT2D eigenvalue weighted by molar-refractivity contribution is -0.104. The fourth-order valence-corrected chi connectivity index (χ4v) is 4.18. The van der Waals surface area contributed by atoms with Crippen molar-refractivity contribution in [3.8, 4) is 0 Å². The Morgan fingerprint density at radius 1 is 1.21 bits per heavy atom. The number of likely N-dealkylation sites (tertiary alicyclic amines) is 1. The van der Waals surface area contributed by atoms with Crippen molar-refractivity contribution in [3.05, 3.63) is 59.0 Å². The van der Waals surface area contributed by atoms with Gasteiger partial charge in [-0.2, -0.15) is 0 Å². The summed E-state index contributed by atoms with van der Waals surface area (Å²) in [5, 5.41) is 0. The molecule has 1 amide bonds. The standard InChI is InChI=1S/C24H31N3O2/c1-4-19(20(5-2)17-28)14-18(3)27-13-9-10-21-15-22(16-25-23(21)27)24(29)26-11-7-6-8-12-26/h5,14-17H,2,4,6-13H2,1,3H3/b18-14+,20-19+. The van der Waals surface area contributed by atoms with Crippen molar-refractivity contribution in [1.82, 2.24) is 9.88 Å². The minimum Gasteiger partial charge on any atom is -0.339 e. The zero-order valence-electron chi connectivity index (χ0n) is 17.6. The number of hydrogen-bond donors (Lipinski definition) is 0. The second-order valence-corrected chi connectivity index (χ2v) is 7.76. The summed E-state index contributed by atoms with van der Waals surface area (Å²) in [5.41, 5.74) is 4.45. The highest BCUT2D eigenvalue weighted by Gasteiger charge is 2.24. The van der Waals surface area contributed by atoms with Gasteiger partial charge in [0.2, 0.25) is 0 Å². The number of carbonyl (C=O) groups is 2. The summed E-state index contributed by atoms with van der Waals surface area (Å²) in [6.45, 7) is 10.4. The molecule has 0 saturated carbocycles. The zero-order valence-corrected chi connectivity index (χ0v) is 17.6. The van der Waals surface area contributed by atoms with E-state index in [0.29, 0.717) is 11.1 Å². The van der Waals surface area contributed by atoms with Crippen LogP contribution in [-0.2, 0) is 11.2 Å². The van der Waals surface area contributed by atoms with Gasteiger partial charge in [-0.15, -0.1) is 0 Å². The van der Waals surface area contributed by atoms with Crippen molar-refractivity contribution in [3.63, 3.8) is 0 Å². The van der Waals surface area contributed by atoms with Gasteiger partial charge in [0.15, 0.2) is 0 Å². The number of aryl methyl sites for hydroxylation is 1. The van der Waals surface area contributed by atoms with Crippen LogP contribution in [0.4, 0.5) is 5.82 Å². The summed E-state index contributed by atoms with van der Waals surface area (Å²) in [5.74, 6) is 1.02. The first kappa shape index (κ1) is 21.0. The highest BCUT2D eigenvalue weighted by Crippen LogP contribution is 2.30. The molecule has 0 atom stereocenters. The highest BCUT2D eigenvalue weighted by molar-refractivity contribution is 5.94. The molecule has 5 heteroatoms. The van der Waals surface area contributed by atoms with Crippen LogP contribution in [0.5, 0.6) is 0 Å². The normalized spacial score (nSPS) is 18.1. The molecule has 2 aliphatic rings. The summed E-state index contributed by atoms with van der Waals surface area (Å²) in [6.07, 6.45) is 12.3. The Bertz CT molecular complexity index is 838. The van der Waals surface area contributed by atoms with Gasteiger partial charge >= 0.3 is 0 Å². The van der Waals surface area contributed by atoms with Crippen LogP contribution in [0, 0.1) is 0 Å². The fraction of sp³-hybridized carbons (Fsp3) is 0.458. The molecule has 1 aromatic rings. The minimum absolute atomic E-state index is 0.0993. The van der Waals surface area contributed by atoms with Crippen LogP contribution in [0.3, 0.4) is 0 Å². The summed E-state index contributed by atoms with van der Waals surface area (Å²) in [6, 6.07) is 2.02. The first-order valence-electron chi connectivity index (χ1n) is 10.6. The van der Waals surface area contributed by atoms with Crippen molar-refractivity contribution in [2.45, 2.75) is 52.4 Å². The maximum atomic E-state index is 12.8. The lowest BCUT2D eigenvalue weighted by Crippen LogP contribution is -2.36. The van der Waals surface area contributed by atoms with E-state index in [9.17, 15) is 9.59 Å². The number of hydrogen-bond acceptors (Lipinski definition) is 4. The van der Waals surface area contributed by atoms with Gasteiger partial charge in [0, 0.05) is 37.1 Å². The number of piperidine rings is 1. The Morgan fingerprint density at radius 2 is 1.97 bits per heavy atom. The lowest BCUT2D eigenvalue weighted by Gasteiger charge is -2.32. The summed E-state index contributed by atoms with van der Waals surface area (Å²) in [7, 11) is 0. The van der Waals surface area contributed by atoms with Gasteiger partial charge in [0.1, 0.15) is 12.1 Å². The quantitative estimate of drug-likeness (QED) is 0.407. The Morgan fingerprint density at radius 3 is 2.62 bits per heavy atom. The van der Waals surface area contributed by atoms with Gasteiger partial charge in [-0.1, -0.05) is 19.6 Å². The van der Waals surface area contributed by atoms with Crippen molar-refractivity contribution in [1.29, 1.82) is 0 Å². The molecule has 0 radical (unpaired) electrons. The molecule has 0 spiro atoms. The lowest BCUT2D eigenvalue weighted by atomic mass is 10.0. The SMILES string of the molecule is C=C/C(C=O)=C(\C=C(/C)N1CCCc2cc(C(=O)N3CCCCC3)cnc21)CC. The summed E-state index contributed by atoms with van der Waals surface area (Å²) >= 11 is 0. The molecule has 0 bridgehead atoms. The van der Waals surface area contributed by atoms with Crippen LogP contribution in [0.1, 0.15) is 61.9 Å². The van der Waals surface area contributed by atoms with E-state index in [1.54, 1.807) is 12.3 Å². The van der Waals surface area contributed by atoms with E-state index < -0.39 is 0 Å². The molecule has 0 unspecified atom stereocenters. The molecule has 0 N–H and O–H groups in total. The molecule has 0 aromatic carbocycles. The molecule has 5 nitrogen and oxygen atoms in total. The number of pyridine rings is 1. The summed E-state index contributed by atoms with van der Waals surface area (Å²) in [4.78, 5) is 33.0. The highest BCUT2D eigenvalue weighted by atomic mass is 16.2. The van der Waals surface area contributed by atoms with Crippen LogP contribution in [-0.4, -0.2) is 41.7 Å². The third kappa shape index (κ3) is 4.66. The molecule has 2 aliphatic heterocycles. The van der Waals surface area contributed by atoms with Gasteiger partial charge in [-0.25, -0.2) is 4.98 Å². The second-order valence-electron chi connectivity index (χ2n) is 7.76.